The lowest BCUT2D eigenvalue weighted by Crippen LogP contribution is -2.34. The maximum atomic E-state index is 13.7. The number of nitrogens with zero attached hydrogens (tertiary/aromatic N) is 3. The van der Waals surface area contributed by atoms with Gasteiger partial charge < -0.3 is 14.0 Å². The Morgan fingerprint density at radius 1 is 1.19 bits per heavy atom. The van der Waals surface area contributed by atoms with Crippen molar-refractivity contribution in [3.8, 4) is 11.5 Å². The van der Waals surface area contributed by atoms with E-state index < -0.39 is 11.7 Å². The van der Waals surface area contributed by atoms with Gasteiger partial charge in [0, 0.05) is 30.3 Å². The number of ether oxygens (including phenoxy) is 2. The summed E-state index contributed by atoms with van der Waals surface area (Å²) in [4.78, 5) is 6.32. The Balaban J connectivity index is 1.64. The van der Waals surface area contributed by atoms with Crippen molar-refractivity contribution in [1.82, 2.24) is 15.0 Å². The number of fused-ring (bicyclic) bond motifs is 1. The average molecular weight is 435 g/mol. The number of hydrogen-bond acceptors (Lipinski definition) is 6. The molecule has 1 atom stereocenters. The number of alkyl halides is 3. The van der Waals surface area contributed by atoms with Crippen LogP contribution in [0.5, 0.6) is 11.5 Å². The van der Waals surface area contributed by atoms with Crippen LogP contribution in [0.15, 0.2) is 28.8 Å². The molecule has 3 heterocycles. The molecule has 6 nitrogen and oxygen atoms in total. The zero-order valence-electron chi connectivity index (χ0n) is 17.6. The molecule has 1 aliphatic heterocycles. The van der Waals surface area contributed by atoms with Crippen LogP contribution in [0.25, 0.3) is 11.1 Å². The Bertz CT molecular complexity index is 1080. The number of aryl methyl sites for hydroxylation is 1. The Hall–Kier alpha value is -2.81. The molecule has 0 unspecified atom stereocenters. The summed E-state index contributed by atoms with van der Waals surface area (Å²) in [7, 11) is 3.21. The van der Waals surface area contributed by atoms with E-state index in [2.05, 4.69) is 15.0 Å². The van der Waals surface area contributed by atoms with Gasteiger partial charge in [-0.2, -0.15) is 13.2 Å². The lowest BCUT2D eigenvalue weighted by atomic mass is 9.91. The highest BCUT2D eigenvalue weighted by atomic mass is 19.4. The monoisotopic (exact) mass is 435 g/mol. The summed E-state index contributed by atoms with van der Waals surface area (Å²) in [5, 5.41) is 4.00. The number of aromatic nitrogens is 2. The fourth-order valence-corrected chi connectivity index (χ4v) is 4.27. The maximum absolute atomic E-state index is 13.7. The Labute approximate surface area is 177 Å². The lowest BCUT2D eigenvalue weighted by molar-refractivity contribution is -0.136. The molecule has 3 aromatic rings. The molecule has 0 radical (unpaired) electrons. The van der Waals surface area contributed by atoms with Gasteiger partial charge in [0.25, 0.3) is 5.71 Å². The summed E-state index contributed by atoms with van der Waals surface area (Å²) in [6, 6.07) is 6.66. The van der Waals surface area contributed by atoms with Gasteiger partial charge in [-0.25, -0.2) is 4.98 Å². The van der Waals surface area contributed by atoms with Crippen molar-refractivity contribution < 1.29 is 27.2 Å². The van der Waals surface area contributed by atoms with Crippen LogP contribution in [0, 0.1) is 6.92 Å². The van der Waals surface area contributed by atoms with E-state index in [-0.39, 0.29) is 22.7 Å². The van der Waals surface area contributed by atoms with Gasteiger partial charge in [0.15, 0.2) is 0 Å². The molecule has 1 saturated heterocycles. The predicted octanol–water partition coefficient (Wildman–Crippen LogP) is 4.95. The predicted molar refractivity (Wildman–Crippen MR) is 108 cm³/mol. The van der Waals surface area contributed by atoms with Gasteiger partial charge >= 0.3 is 6.18 Å². The van der Waals surface area contributed by atoms with Crippen LogP contribution in [-0.2, 0) is 12.7 Å². The number of methoxy groups -OCH3 is 2. The van der Waals surface area contributed by atoms with E-state index in [4.69, 9.17) is 14.0 Å². The number of pyridine rings is 1. The third kappa shape index (κ3) is 4.32. The van der Waals surface area contributed by atoms with Crippen molar-refractivity contribution in [1.29, 1.82) is 0 Å². The molecular formula is C22H24F3N3O3. The van der Waals surface area contributed by atoms with Crippen molar-refractivity contribution in [2.45, 2.75) is 38.4 Å². The number of piperidine rings is 1. The minimum Gasteiger partial charge on any atom is -0.497 e. The smallest absolute Gasteiger partial charge is 0.417 e. The minimum atomic E-state index is -4.51. The zero-order valence-corrected chi connectivity index (χ0v) is 17.6. The maximum Gasteiger partial charge on any atom is 0.417 e. The second kappa shape index (κ2) is 8.37. The third-order valence-electron chi connectivity index (χ3n) is 5.68. The largest absolute Gasteiger partial charge is 0.497 e. The van der Waals surface area contributed by atoms with E-state index in [0.29, 0.717) is 18.8 Å². The summed E-state index contributed by atoms with van der Waals surface area (Å²) in [6.07, 6.45) is -2.93. The first-order chi connectivity index (χ1) is 14.8. The number of likely N-dealkylation sites (tertiary alicyclic amines) is 1. The third-order valence-corrected chi connectivity index (χ3v) is 5.68. The molecule has 4 rings (SSSR count). The van der Waals surface area contributed by atoms with Crippen molar-refractivity contribution >= 4 is 11.1 Å². The average Bonchev–Trinajstić information content (AvgIpc) is 3.16. The Morgan fingerprint density at radius 2 is 2.00 bits per heavy atom. The van der Waals surface area contributed by atoms with Gasteiger partial charge in [0.1, 0.15) is 11.5 Å². The van der Waals surface area contributed by atoms with E-state index >= 15 is 0 Å². The number of hydrogen-bond donors (Lipinski definition) is 0. The van der Waals surface area contributed by atoms with Crippen LogP contribution in [-0.4, -0.2) is 42.3 Å². The van der Waals surface area contributed by atoms with Crippen LogP contribution in [0.2, 0.25) is 0 Å². The van der Waals surface area contributed by atoms with Gasteiger partial charge in [0.2, 0.25) is 0 Å². The molecule has 0 amide bonds. The van der Waals surface area contributed by atoms with E-state index in [1.807, 2.05) is 18.2 Å². The summed E-state index contributed by atoms with van der Waals surface area (Å²) in [5.41, 5.74) is 0.739. The van der Waals surface area contributed by atoms with Gasteiger partial charge in [-0.3, -0.25) is 4.90 Å². The molecule has 166 valence electrons. The van der Waals surface area contributed by atoms with Crippen LogP contribution in [0.3, 0.4) is 0 Å². The molecule has 0 spiro atoms. The minimum absolute atomic E-state index is 0.0242. The normalized spacial score (nSPS) is 17.8. The fourth-order valence-electron chi connectivity index (χ4n) is 4.27. The van der Waals surface area contributed by atoms with Crippen molar-refractivity contribution in [2.75, 3.05) is 27.3 Å². The van der Waals surface area contributed by atoms with Gasteiger partial charge in [-0.15, -0.1) is 0 Å². The summed E-state index contributed by atoms with van der Waals surface area (Å²) < 4.78 is 57.1. The second-order valence-electron chi connectivity index (χ2n) is 7.81. The SMILES string of the molecule is COc1ccc(OC)c(CN2CCC[C@H](c3noc4nc(C)cc(C(F)(F)F)c34)C2)c1. The molecule has 1 aromatic carbocycles. The van der Waals surface area contributed by atoms with E-state index in [1.165, 1.54) is 6.92 Å². The highest BCUT2D eigenvalue weighted by Gasteiger charge is 2.37. The van der Waals surface area contributed by atoms with E-state index in [9.17, 15) is 13.2 Å². The van der Waals surface area contributed by atoms with Crippen LogP contribution in [0.4, 0.5) is 13.2 Å². The highest BCUT2D eigenvalue weighted by molar-refractivity contribution is 5.81. The van der Waals surface area contributed by atoms with Gasteiger partial charge in [0.05, 0.1) is 30.9 Å². The molecule has 1 fully saturated rings. The van der Waals surface area contributed by atoms with Crippen molar-refractivity contribution in [2.24, 2.45) is 0 Å². The number of benzene rings is 1. The standard InChI is InChI=1S/C22H24F3N3O3/c1-13-9-17(22(23,24)25)19-20(27-31-21(19)26-13)14-5-4-8-28(11-14)12-15-10-16(29-2)6-7-18(15)30-3/h6-7,9-10,14H,4-5,8,11-12H2,1-3H3/t14-/m0/s1. The van der Waals surface area contributed by atoms with Crippen molar-refractivity contribution in [3.63, 3.8) is 0 Å². The second-order valence-corrected chi connectivity index (χ2v) is 7.81. The quantitative estimate of drug-likeness (QED) is 0.565. The highest BCUT2D eigenvalue weighted by Crippen LogP contribution is 2.40. The fraction of sp³-hybridized carbons (Fsp3) is 0.455. The molecule has 31 heavy (non-hydrogen) atoms. The number of halogens is 3. The van der Waals surface area contributed by atoms with Crippen LogP contribution < -0.4 is 9.47 Å². The molecule has 2 aromatic heterocycles. The number of rotatable bonds is 5. The topological polar surface area (TPSA) is 60.6 Å². The molecule has 0 N–H and O–H groups in total. The summed E-state index contributed by atoms with van der Waals surface area (Å²) >= 11 is 0. The van der Waals surface area contributed by atoms with Crippen LogP contribution >= 0.6 is 0 Å². The molecular weight excluding hydrogens is 411 g/mol. The molecule has 9 heteroatoms. The van der Waals surface area contributed by atoms with Gasteiger partial charge in [-0.05, 0) is 50.6 Å². The molecule has 0 bridgehead atoms. The van der Waals surface area contributed by atoms with Gasteiger partial charge in [-0.1, -0.05) is 5.16 Å². The van der Waals surface area contributed by atoms with E-state index in [1.54, 1.807) is 14.2 Å². The van der Waals surface area contributed by atoms with E-state index in [0.717, 1.165) is 42.5 Å². The molecule has 1 aliphatic rings. The molecule has 0 aliphatic carbocycles. The summed E-state index contributed by atoms with van der Waals surface area (Å²) in [5.74, 6) is 1.29. The first-order valence-corrected chi connectivity index (χ1v) is 10.1. The van der Waals surface area contributed by atoms with Crippen LogP contribution in [0.1, 0.15) is 41.3 Å². The lowest BCUT2D eigenvalue weighted by Gasteiger charge is -2.32. The Morgan fingerprint density at radius 3 is 2.71 bits per heavy atom. The first-order valence-electron chi connectivity index (χ1n) is 10.1. The summed E-state index contributed by atoms with van der Waals surface area (Å²) in [6.45, 7) is 3.50. The molecule has 0 saturated carbocycles. The Kier molecular flexibility index (Phi) is 5.79. The first kappa shape index (κ1) is 21.4. The zero-order chi connectivity index (χ0) is 22.2. The van der Waals surface area contributed by atoms with Crippen molar-refractivity contribution in [3.05, 3.63) is 46.8 Å².